The predicted octanol–water partition coefficient (Wildman–Crippen LogP) is 6.74. The van der Waals surface area contributed by atoms with E-state index in [1.54, 1.807) is 17.0 Å². The lowest BCUT2D eigenvalue weighted by atomic mass is 10.1. The minimum absolute atomic E-state index is 0. The van der Waals surface area contributed by atoms with Crippen LogP contribution in [0.5, 0.6) is 5.75 Å². The summed E-state index contributed by atoms with van der Waals surface area (Å²) in [6.07, 6.45) is 19.8. The molecule has 1 amide bonds. The highest BCUT2D eigenvalue weighted by Gasteiger charge is 2.20. The minimum atomic E-state index is -0.120. The summed E-state index contributed by atoms with van der Waals surface area (Å²) < 4.78 is 7.98. The molecule has 0 spiro atoms. The predicted molar refractivity (Wildman–Crippen MR) is 171 cm³/mol. The number of aryl methyl sites for hydroxylation is 1. The van der Waals surface area contributed by atoms with Crippen LogP contribution in [0.3, 0.4) is 0 Å². The van der Waals surface area contributed by atoms with Crippen LogP contribution in [0.2, 0.25) is 10.0 Å². The molecular weight excluding hydrogens is 678 g/mol. The first-order valence-corrected chi connectivity index (χ1v) is 16.1. The Balaban J connectivity index is 0.00000616. The molecule has 0 aliphatic carbocycles. The summed E-state index contributed by atoms with van der Waals surface area (Å²) in [6, 6.07) is 17.0. The van der Waals surface area contributed by atoms with Crippen LogP contribution in [-0.2, 0) is 20.1 Å². The Morgan fingerprint density at radius 2 is 1.38 bits per heavy atom. The number of carbonyl (C=O) groups excluding carboxylic acids is 1. The molecule has 230 valence electrons. The van der Waals surface area contributed by atoms with E-state index in [1.807, 2.05) is 66.5 Å². The van der Waals surface area contributed by atoms with Crippen molar-refractivity contribution < 1.29 is 38.1 Å². The molecule has 3 aromatic rings. The Morgan fingerprint density at radius 3 is 2.00 bits per heavy atom. The van der Waals surface area contributed by atoms with Gasteiger partial charge in [-0.1, -0.05) is 119 Å². The molecule has 0 fully saturated rings. The fourth-order valence-electron chi connectivity index (χ4n) is 5.07. The van der Waals surface area contributed by atoms with Gasteiger partial charge in [0.15, 0.2) is 12.4 Å². The maximum absolute atomic E-state index is 13.5. The lowest BCUT2D eigenvalue weighted by Gasteiger charge is -2.23. The van der Waals surface area contributed by atoms with Crippen LogP contribution in [0, 0.1) is 0 Å². The highest BCUT2D eigenvalue weighted by Crippen LogP contribution is 2.27. The van der Waals surface area contributed by atoms with Crippen LogP contribution in [-0.4, -0.2) is 17.4 Å². The number of nitrogens with zero attached hydrogens (tertiary/aromatic N) is 2. The summed E-state index contributed by atoms with van der Waals surface area (Å²) in [4.78, 5) is 15.3. The second-order valence-corrected chi connectivity index (χ2v) is 11.8. The van der Waals surface area contributed by atoms with E-state index < -0.39 is 0 Å². The van der Waals surface area contributed by atoms with E-state index in [0.29, 0.717) is 41.1 Å². The van der Waals surface area contributed by atoms with Crippen LogP contribution in [0.15, 0.2) is 67.0 Å². The summed E-state index contributed by atoms with van der Waals surface area (Å²) in [5.41, 5.74) is 2.46. The summed E-state index contributed by atoms with van der Waals surface area (Å²) in [7, 11) is 1.97. The lowest BCUT2D eigenvalue weighted by molar-refractivity contribution is -0.672. The van der Waals surface area contributed by atoms with E-state index in [1.165, 1.54) is 70.6 Å². The first kappa shape index (κ1) is 36.4. The molecule has 0 radical (unpaired) electrons. The molecular formula is C35H47Cl2IN2O2. The normalized spacial score (nSPS) is 10.8. The highest BCUT2D eigenvalue weighted by atomic mass is 127. The standard InChI is InChI=1S/C35H47Cl2N2O2.HI/c1-3-4-5-6-7-8-9-10-11-12-13-16-24-41-34-22-21-29(25-33(34)37)27-39(28-30-18-17-23-38(2)26-30)35(40)31-19-14-15-20-32(31)36;/h14-15,17-23,25-26H,3-13,16,24,27-28H2,1-2H3;1H/q+1;/p-1. The lowest BCUT2D eigenvalue weighted by Crippen LogP contribution is -3.00. The van der Waals surface area contributed by atoms with Crippen molar-refractivity contribution in [1.82, 2.24) is 4.90 Å². The van der Waals surface area contributed by atoms with Gasteiger partial charge in [-0.2, -0.15) is 0 Å². The third-order valence-corrected chi connectivity index (χ3v) is 8.02. The molecule has 1 heterocycles. The Kier molecular flexibility index (Phi) is 18.2. The zero-order valence-electron chi connectivity index (χ0n) is 25.3. The van der Waals surface area contributed by atoms with Gasteiger partial charge in [-0.15, -0.1) is 0 Å². The highest BCUT2D eigenvalue weighted by molar-refractivity contribution is 6.33. The monoisotopic (exact) mass is 724 g/mol. The minimum Gasteiger partial charge on any atom is -1.00 e. The van der Waals surface area contributed by atoms with Crippen LogP contribution < -0.4 is 33.3 Å². The van der Waals surface area contributed by atoms with Gasteiger partial charge in [0.2, 0.25) is 0 Å². The fourth-order valence-corrected chi connectivity index (χ4v) is 5.55. The summed E-state index contributed by atoms with van der Waals surface area (Å²) in [6.45, 7) is 3.79. The number of amides is 1. The second-order valence-electron chi connectivity index (χ2n) is 11.0. The summed E-state index contributed by atoms with van der Waals surface area (Å²) in [5, 5.41) is 1.01. The van der Waals surface area contributed by atoms with Crippen molar-refractivity contribution in [3.63, 3.8) is 0 Å². The number of aromatic nitrogens is 1. The number of hydrogen-bond acceptors (Lipinski definition) is 2. The van der Waals surface area contributed by atoms with E-state index in [2.05, 4.69) is 6.92 Å². The third-order valence-electron chi connectivity index (χ3n) is 7.39. The SMILES string of the molecule is CCCCCCCCCCCCCCOc1ccc(CN(Cc2ccc[n+](C)c2)C(=O)c2ccccc2Cl)cc1Cl.[I-]. The number of ether oxygens (including phenoxy) is 1. The van der Waals surface area contributed by atoms with Gasteiger partial charge in [0.1, 0.15) is 12.8 Å². The van der Waals surface area contributed by atoms with Gasteiger partial charge in [0.05, 0.1) is 28.8 Å². The van der Waals surface area contributed by atoms with Gasteiger partial charge in [0.25, 0.3) is 5.91 Å². The molecule has 42 heavy (non-hydrogen) atoms. The average molecular weight is 726 g/mol. The number of rotatable bonds is 19. The molecule has 0 unspecified atom stereocenters. The Morgan fingerprint density at radius 1 is 0.762 bits per heavy atom. The molecule has 0 saturated carbocycles. The zero-order chi connectivity index (χ0) is 29.3. The molecule has 0 aliphatic heterocycles. The molecule has 4 nitrogen and oxygen atoms in total. The first-order valence-electron chi connectivity index (χ1n) is 15.4. The molecule has 3 rings (SSSR count). The maximum Gasteiger partial charge on any atom is 0.255 e. The van der Waals surface area contributed by atoms with Gasteiger partial charge in [-0.05, 0) is 42.3 Å². The van der Waals surface area contributed by atoms with E-state index in [-0.39, 0.29) is 29.9 Å². The van der Waals surface area contributed by atoms with Crippen LogP contribution in [0.4, 0.5) is 0 Å². The molecule has 0 atom stereocenters. The van der Waals surface area contributed by atoms with Crippen LogP contribution in [0.25, 0.3) is 0 Å². The average Bonchev–Trinajstić information content (AvgIpc) is 2.96. The molecule has 0 N–H and O–H groups in total. The van der Waals surface area contributed by atoms with Gasteiger partial charge in [-0.3, -0.25) is 4.79 Å². The number of pyridine rings is 1. The van der Waals surface area contributed by atoms with Crippen molar-refractivity contribution in [2.45, 2.75) is 97.1 Å². The molecule has 2 aromatic carbocycles. The van der Waals surface area contributed by atoms with Crippen molar-refractivity contribution in [1.29, 1.82) is 0 Å². The van der Waals surface area contributed by atoms with Crippen molar-refractivity contribution >= 4 is 29.1 Å². The van der Waals surface area contributed by atoms with Crippen LogP contribution >= 0.6 is 23.2 Å². The number of unbranched alkanes of at least 4 members (excludes halogenated alkanes) is 11. The zero-order valence-corrected chi connectivity index (χ0v) is 29.0. The van der Waals surface area contributed by atoms with Crippen molar-refractivity contribution in [2.24, 2.45) is 7.05 Å². The van der Waals surface area contributed by atoms with E-state index in [9.17, 15) is 4.79 Å². The molecule has 0 aliphatic rings. The van der Waals surface area contributed by atoms with Gasteiger partial charge < -0.3 is 33.6 Å². The second kappa shape index (κ2) is 21.0. The molecule has 0 saturated heterocycles. The number of carbonyl (C=O) groups is 1. The smallest absolute Gasteiger partial charge is 0.255 e. The molecule has 0 bridgehead atoms. The van der Waals surface area contributed by atoms with Crippen molar-refractivity contribution in [3.8, 4) is 5.75 Å². The Hall–Kier alpha value is -1.83. The van der Waals surface area contributed by atoms with E-state index in [0.717, 1.165) is 17.5 Å². The van der Waals surface area contributed by atoms with Crippen LogP contribution in [0.1, 0.15) is 105 Å². The summed E-state index contributed by atoms with van der Waals surface area (Å²) >= 11 is 13.0. The van der Waals surface area contributed by atoms with Crippen molar-refractivity contribution in [3.05, 3.63) is 93.7 Å². The third kappa shape index (κ3) is 13.2. The Labute approximate surface area is 280 Å². The largest absolute Gasteiger partial charge is 1.00 e. The first-order chi connectivity index (χ1) is 20.0. The number of benzene rings is 2. The van der Waals surface area contributed by atoms with Gasteiger partial charge in [0, 0.05) is 18.2 Å². The number of hydrogen-bond donors (Lipinski definition) is 0. The van der Waals surface area contributed by atoms with Crippen molar-refractivity contribution in [2.75, 3.05) is 6.61 Å². The van der Waals surface area contributed by atoms with E-state index in [4.69, 9.17) is 27.9 Å². The Bertz CT molecular complexity index is 1210. The van der Waals surface area contributed by atoms with E-state index >= 15 is 0 Å². The van der Waals surface area contributed by atoms with Gasteiger partial charge >= 0.3 is 0 Å². The van der Waals surface area contributed by atoms with Gasteiger partial charge in [-0.25, -0.2) is 4.57 Å². The molecule has 1 aromatic heterocycles. The fraction of sp³-hybridized carbons (Fsp3) is 0.486. The maximum atomic E-state index is 13.5. The quantitative estimate of drug-likeness (QED) is 0.0780. The molecule has 7 heteroatoms. The summed E-state index contributed by atoms with van der Waals surface area (Å²) in [5.74, 6) is 0.572. The number of halogens is 3. The topological polar surface area (TPSA) is 33.4 Å².